The zero-order valence-electron chi connectivity index (χ0n) is 16.9. The fraction of sp³-hybridized carbons (Fsp3) is 0.500. The molecule has 1 aromatic carbocycles. The lowest BCUT2D eigenvalue weighted by molar-refractivity contribution is 0.169. The van der Waals surface area contributed by atoms with Crippen molar-refractivity contribution in [1.82, 2.24) is 15.5 Å². The molecule has 1 aliphatic rings. The summed E-state index contributed by atoms with van der Waals surface area (Å²) in [5, 5.41) is 9.19. The van der Waals surface area contributed by atoms with E-state index < -0.39 is 0 Å². The molecule has 0 saturated carbocycles. The molecule has 4 nitrogen and oxygen atoms in total. The van der Waals surface area contributed by atoms with Crippen molar-refractivity contribution >= 4 is 41.3 Å². The van der Waals surface area contributed by atoms with Crippen LogP contribution in [0, 0.1) is 5.92 Å². The summed E-state index contributed by atoms with van der Waals surface area (Å²) in [4.78, 5) is 8.46. The molecule has 154 valence electrons. The van der Waals surface area contributed by atoms with Crippen molar-refractivity contribution in [3.05, 3.63) is 58.3 Å². The van der Waals surface area contributed by atoms with E-state index in [0.29, 0.717) is 11.8 Å². The zero-order valence-corrected chi connectivity index (χ0v) is 20.1. The second kappa shape index (κ2) is 12.4. The fourth-order valence-electron chi connectivity index (χ4n) is 3.70. The Bertz CT molecular complexity index is 690. The summed E-state index contributed by atoms with van der Waals surface area (Å²) in [7, 11) is 1.85. The predicted octanol–water partition coefficient (Wildman–Crippen LogP) is 4.55. The number of nitrogens with zero attached hydrogens (tertiary/aromatic N) is 2. The third-order valence-electron chi connectivity index (χ3n) is 5.29. The maximum Gasteiger partial charge on any atom is 0.191 e. The summed E-state index contributed by atoms with van der Waals surface area (Å²) >= 11 is 1.86. The number of piperidine rings is 1. The number of hydrogen-bond donors (Lipinski definition) is 2. The van der Waals surface area contributed by atoms with Crippen molar-refractivity contribution in [2.45, 2.75) is 32.2 Å². The largest absolute Gasteiger partial charge is 0.356 e. The van der Waals surface area contributed by atoms with Gasteiger partial charge in [-0.3, -0.25) is 9.89 Å². The number of guanidine groups is 1. The van der Waals surface area contributed by atoms with Gasteiger partial charge < -0.3 is 10.6 Å². The summed E-state index contributed by atoms with van der Waals surface area (Å²) in [6.45, 7) is 7.60. The molecule has 2 N–H and O–H groups in total. The van der Waals surface area contributed by atoms with E-state index in [1.165, 1.54) is 36.4 Å². The van der Waals surface area contributed by atoms with Crippen LogP contribution in [0.3, 0.4) is 0 Å². The topological polar surface area (TPSA) is 39.7 Å². The van der Waals surface area contributed by atoms with E-state index in [2.05, 4.69) is 75.3 Å². The minimum Gasteiger partial charge on any atom is -0.356 e. The average molecular weight is 513 g/mol. The van der Waals surface area contributed by atoms with Crippen LogP contribution in [0.15, 0.2) is 52.8 Å². The number of halogens is 1. The molecular weight excluding hydrogens is 479 g/mol. The molecule has 0 amide bonds. The molecule has 1 aromatic heterocycles. The van der Waals surface area contributed by atoms with Crippen LogP contribution in [0.4, 0.5) is 0 Å². The van der Waals surface area contributed by atoms with Crippen LogP contribution in [0.25, 0.3) is 0 Å². The molecule has 0 aliphatic carbocycles. The predicted molar refractivity (Wildman–Crippen MR) is 132 cm³/mol. The Labute approximate surface area is 190 Å². The van der Waals surface area contributed by atoms with E-state index in [-0.39, 0.29) is 24.0 Å². The molecule has 6 heteroatoms. The van der Waals surface area contributed by atoms with Gasteiger partial charge in [-0.05, 0) is 48.2 Å². The average Bonchev–Trinajstić information content (AvgIpc) is 3.22. The minimum absolute atomic E-state index is 0. The summed E-state index contributed by atoms with van der Waals surface area (Å²) in [5.74, 6) is 2.05. The molecule has 1 aliphatic heterocycles. The van der Waals surface area contributed by atoms with Gasteiger partial charge in [0, 0.05) is 38.1 Å². The van der Waals surface area contributed by atoms with Gasteiger partial charge >= 0.3 is 0 Å². The Balaban J connectivity index is 0.00000280. The van der Waals surface area contributed by atoms with Crippen LogP contribution < -0.4 is 10.6 Å². The van der Waals surface area contributed by atoms with Gasteiger partial charge in [-0.1, -0.05) is 43.3 Å². The van der Waals surface area contributed by atoms with Gasteiger partial charge in [0.05, 0.1) is 0 Å². The Hall–Kier alpha value is -1.12. The van der Waals surface area contributed by atoms with Gasteiger partial charge in [-0.25, -0.2) is 0 Å². The van der Waals surface area contributed by atoms with Gasteiger partial charge in [-0.2, -0.15) is 0 Å². The van der Waals surface area contributed by atoms with Crippen LogP contribution in [0.2, 0.25) is 0 Å². The Morgan fingerprint density at radius 3 is 2.75 bits per heavy atom. The molecule has 0 spiro atoms. The van der Waals surface area contributed by atoms with Crippen LogP contribution in [0.5, 0.6) is 0 Å². The van der Waals surface area contributed by atoms with E-state index >= 15 is 0 Å². The van der Waals surface area contributed by atoms with Crippen molar-refractivity contribution < 1.29 is 0 Å². The first-order valence-electron chi connectivity index (χ1n) is 9.99. The number of rotatable bonds is 7. The highest BCUT2D eigenvalue weighted by atomic mass is 127. The second-order valence-electron chi connectivity index (χ2n) is 7.47. The van der Waals surface area contributed by atoms with Gasteiger partial charge in [0.15, 0.2) is 5.96 Å². The zero-order chi connectivity index (χ0) is 18.9. The lowest BCUT2D eigenvalue weighted by atomic mass is 9.98. The third kappa shape index (κ3) is 7.37. The monoisotopic (exact) mass is 512 g/mol. The van der Waals surface area contributed by atoms with Crippen LogP contribution in [0.1, 0.15) is 36.1 Å². The van der Waals surface area contributed by atoms with Crippen molar-refractivity contribution in [3.8, 4) is 0 Å². The Kier molecular flexibility index (Phi) is 10.3. The van der Waals surface area contributed by atoms with E-state index in [1.807, 2.05) is 18.4 Å². The molecular formula is C22H33IN4S. The fourth-order valence-corrected chi connectivity index (χ4v) is 4.44. The Morgan fingerprint density at radius 2 is 2.04 bits per heavy atom. The smallest absolute Gasteiger partial charge is 0.191 e. The molecule has 0 radical (unpaired) electrons. The lowest BCUT2D eigenvalue weighted by Gasteiger charge is -2.32. The highest BCUT2D eigenvalue weighted by molar-refractivity contribution is 14.0. The molecule has 28 heavy (non-hydrogen) atoms. The van der Waals surface area contributed by atoms with Gasteiger partial charge in [0.25, 0.3) is 0 Å². The molecule has 1 saturated heterocycles. The van der Waals surface area contributed by atoms with Gasteiger partial charge in [0.2, 0.25) is 0 Å². The van der Waals surface area contributed by atoms with E-state index in [4.69, 9.17) is 0 Å². The number of benzene rings is 1. The number of nitrogens with one attached hydrogen (secondary N) is 2. The van der Waals surface area contributed by atoms with Crippen molar-refractivity contribution in [2.75, 3.05) is 33.2 Å². The normalized spacial score (nSPS) is 18.9. The van der Waals surface area contributed by atoms with Crippen molar-refractivity contribution in [1.29, 1.82) is 0 Å². The summed E-state index contributed by atoms with van der Waals surface area (Å²) < 4.78 is 0. The van der Waals surface area contributed by atoms with Crippen molar-refractivity contribution in [3.63, 3.8) is 0 Å². The molecule has 2 heterocycles. The summed E-state index contributed by atoms with van der Waals surface area (Å²) in [6.07, 6.45) is 2.58. The van der Waals surface area contributed by atoms with Gasteiger partial charge in [0.1, 0.15) is 0 Å². The third-order valence-corrected chi connectivity index (χ3v) is 6.15. The number of likely N-dealkylation sites (tertiary alicyclic amines) is 1. The summed E-state index contributed by atoms with van der Waals surface area (Å²) in [5.41, 5.74) is 1.36. The lowest BCUT2D eigenvalue weighted by Crippen LogP contribution is -2.44. The number of thiophene rings is 1. The molecule has 2 aromatic rings. The maximum absolute atomic E-state index is 4.40. The minimum atomic E-state index is 0. The first-order chi connectivity index (χ1) is 13.2. The number of hydrogen-bond acceptors (Lipinski definition) is 3. The van der Waals surface area contributed by atoms with Crippen LogP contribution in [-0.2, 0) is 6.54 Å². The summed E-state index contributed by atoms with van der Waals surface area (Å²) in [6, 6.07) is 15.0. The first kappa shape index (κ1) is 23.2. The second-order valence-corrected chi connectivity index (χ2v) is 8.50. The van der Waals surface area contributed by atoms with Crippen LogP contribution in [-0.4, -0.2) is 44.1 Å². The standard InChI is InChI=1S/C22H32N4S.HI/c1-18(20-9-4-3-5-10-20)14-24-22(23-2)25-15-19-8-6-12-26(16-19)17-21-11-7-13-27-21;/h3-5,7,9-11,13,18-19H,6,8,12,14-17H2,1-2H3,(H2,23,24,25);1H. The quantitative estimate of drug-likeness (QED) is 0.325. The van der Waals surface area contributed by atoms with Crippen LogP contribution >= 0.6 is 35.3 Å². The first-order valence-corrected chi connectivity index (χ1v) is 10.9. The highest BCUT2D eigenvalue weighted by Gasteiger charge is 2.20. The molecule has 2 unspecified atom stereocenters. The Morgan fingerprint density at radius 1 is 1.21 bits per heavy atom. The molecule has 0 bridgehead atoms. The SMILES string of the molecule is CN=C(NCC1CCCN(Cc2cccs2)C1)NCC(C)c1ccccc1.I. The van der Waals surface area contributed by atoms with E-state index in [9.17, 15) is 0 Å². The van der Waals surface area contributed by atoms with Gasteiger partial charge in [-0.15, -0.1) is 35.3 Å². The number of aliphatic imine (C=N–C) groups is 1. The maximum atomic E-state index is 4.40. The highest BCUT2D eigenvalue weighted by Crippen LogP contribution is 2.20. The molecule has 3 rings (SSSR count). The van der Waals surface area contributed by atoms with E-state index in [0.717, 1.165) is 25.6 Å². The van der Waals surface area contributed by atoms with E-state index in [1.54, 1.807) is 0 Å². The van der Waals surface area contributed by atoms with Crippen molar-refractivity contribution in [2.24, 2.45) is 10.9 Å². The molecule has 1 fully saturated rings. The molecule has 2 atom stereocenters.